The van der Waals surface area contributed by atoms with Crippen molar-refractivity contribution >= 4 is 22.6 Å². The van der Waals surface area contributed by atoms with Gasteiger partial charge in [0.05, 0.1) is 16.8 Å². The van der Waals surface area contributed by atoms with E-state index in [4.69, 9.17) is 16.3 Å². The van der Waals surface area contributed by atoms with E-state index in [0.29, 0.717) is 43.1 Å². The van der Waals surface area contributed by atoms with Crippen LogP contribution in [0.25, 0.3) is 15.7 Å². The molecule has 0 N–H and O–H groups in total. The molecule has 5 heterocycles. The summed E-state index contributed by atoms with van der Waals surface area (Å²) in [7, 11) is 2.07. The molecule has 0 radical (unpaired) electrons. The van der Waals surface area contributed by atoms with Gasteiger partial charge in [-0.15, -0.1) is 0 Å². The van der Waals surface area contributed by atoms with Gasteiger partial charge in [0, 0.05) is 44.0 Å². The van der Waals surface area contributed by atoms with E-state index < -0.39 is 5.82 Å². The van der Waals surface area contributed by atoms with Crippen LogP contribution >= 0.6 is 0 Å². The van der Waals surface area contributed by atoms with Crippen LogP contribution < -0.4 is 9.64 Å². The van der Waals surface area contributed by atoms with Gasteiger partial charge in [-0.3, -0.25) is 14.8 Å². The molecule has 0 bridgehead atoms. The number of hydrogen-bond acceptors (Lipinski definition) is 8. The van der Waals surface area contributed by atoms with Crippen molar-refractivity contribution in [2.45, 2.75) is 50.1 Å². The molecule has 11 heteroatoms. The van der Waals surface area contributed by atoms with Gasteiger partial charge >= 0.3 is 6.01 Å². The van der Waals surface area contributed by atoms with Crippen LogP contribution in [0.5, 0.6) is 6.01 Å². The number of halogens is 1. The average molecular weight is 571 g/mol. The molecule has 1 unspecified atom stereocenters. The molecule has 2 fully saturated rings. The van der Waals surface area contributed by atoms with Crippen molar-refractivity contribution in [2.75, 3.05) is 51.3 Å². The number of hydrogen-bond donors (Lipinski definition) is 0. The predicted molar refractivity (Wildman–Crippen MR) is 157 cm³/mol. The van der Waals surface area contributed by atoms with Gasteiger partial charge < -0.3 is 24.3 Å². The second-order valence-corrected chi connectivity index (χ2v) is 11.3. The summed E-state index contributed by atoms with van der Waals surface area (Å²) in [5.74, 6) is -0.457. The number of likely N-dealkylation sites (tertiary alicyclic amines) is 1. The number of amides is 1. The van der Waals surface area contributed by atoms with E-state index in [1.54, 1.807) is 17.3 Å². The Balaban J connectivity index is 1.41. The maximum Gasteiger partial charge on any atom is 0.319 e. The molecular formula is C31H35FN8O2. The van der Waals surface area contributed by atoms with Gasteiger partial charge in [0.15, 0.2) is 5.82 Å². The second-order valence-electron chi connectivity index (χ2n) is 11.3. The molecule has 0 spiro atoms. The van der Waals surface area contributed by atoms with Gasteiger partial charge in [0.25, 0.3) is 0 Å². The lowest BCUT2D eigenvalue weighted by molar-refractivity contribution is -0.128. The molecule has 1 amide bonds. The van der Waals surface area contributed by atoms with Crippen molar-refractivity contribution in [3.8, 4) is 6.01 Å². The fourth-order valence-corrected chi connectivity index (χ4v) is 6.54. The first-order chi connectivity index (χ1) is 20.5. The Morgan fingerprint density at radius 3 is 2.86 bits per heavy atom. The lowest BCUT2D eigenvalue weighted by Gasteiger charge is -2.39. The van der Waals surface area contributed by atoms with E-state index >= 15 is 4.39 Å². The molecule has 3 aromatic heterocycles. The first kappa shape index (κ1) is 28.0. The zero-order chi connectivity index (χ0) is 29.2. The highest BCUT2D eigenvalue weighted by Crippen LogP contribution is 2.38. The van der Waals surface area contributed by atoms with Crippen LogP contribution in [0.3, 0.4) is 0 Å². The standard InChI is InChI=1S/C31H35FN8O2/c1-4-25(41)40-15-14-39(18-22(40)16-33-2)30-24-17-35-28(23-11-5-8-20-9-6-12-34-27(20)23)26(32)29(24)36-31(37-30)42-19-21-10-7-13-38(21)3/h4,6,9,12,17,21-23H,1,5,7-8,10-11,13-16,18-19H2,3H3/t21-,22-,23?/m0/s1. The van der Waals surface area contributed by atoms with Crippen LogP contribution in [-0.2, 0) is 11.2 Å². The molecule has 2 aliphatic heterocycles. The van der Waals surface area contributed by atoms with E-state index in [1.165, 1.54) is 6.08 Å². The number of carbonyl (C=O) groups is 1. The maximum absolute atomic E-state index is 16.5. The number of nitrogens with zero attached hydrogens (tertiary/aromatic N) is 8. The molecule has 1 aliphatic carbocycles. The van der Waals surface area contributed by atoms with Crippen LogP contribution in [0.4, 0.5) is 10.2 Å². The van der Waals surface area contributed by atoms with Gasteiger partial charge in [-0.1, -0.05) is 12.6 Å². The third-order valence-electron chi connectivity index (χ3n) is 8.81. The Bertz CT molecular complexity index is 1540. The molecule has 3 aromatic rings. The molecule has 6 rings (SSSR count). The Hall–Kier alpha value is -4.17. The monoisotopic (exact) mass is 570 g/mol. The van der Waals surface area contributed by atoms with Gasteiger partial charge in [-0.25, -0.2) is 11.0 Å². The number of rotatable bonds is 7. The zero-order valence-corrected chi connectivity index (χ0v) is 23.9. The smallest absolute Gasteiger partial charge is 0.319 e. The van der Waals surface area contributed by atoms with Gasteiger partial charge in [0.2, 0.25) is 12.5 Å². The SMILES string of the molecule is [C-]#[N+]C[C@H]1CN(c2nc(OC[C@@H]3CCCN3C)nc3c(F)c(C4CCCc5cccnc54)ncc23)CCN1C(=O)C=C. The predicted octanol–water partition coefficient (Wildman–Crippen LogP) is 3.62. The molecule has 10 nitrogen and oxygen atoms in total. The van der Waals surface area contributed by atoms with Crippen molar-refractivity contribution in [3.05, 3.63) is 71.4 Å². The van der Waals surface area contributed by atoms with E-state index in [9.17, 15) is 4.79 Å². The molecule has 3 aliphatic rings. The minimum atomic E-state index is -0.485. The summed E-state index contributed by atoms with van der Waals surface area (Å²) in [5, 5.41) is 0.476. The lowest BCUT2D eigenvalue weighted by Crippen LogP contribution is -2.56. The maximum atomic E-state index is 16.5. The lowest BCUT2D eigenvalue weighted by atomic mass is 9.84. The minimum absolute atomic E-state index is 0.113. The molecular weight excluding hydrogens is 535 g/mol. The number of piperazine rings is 1. The van der Waals surface area contributed by atoms with E-state index in [0.717, 1.165) is 49.9 Å². The molecule has 42 heavy (non-hydrogen) atoms. The summed E-state index contributed by atoms with van der Waals surface area (Å²) in [5.41, 5.74) is 2.49. The summed E-state index contributed by atoms with van der Waals surface area (Å²) >= 11 is 0. The van der Waals surface area contributed by atoms with Crippen LogP contribution in [0.1, 0.15) is 48.6 Å². The number of ether oxygens (including phenoxy) is 1. The van der Waals surface area contributed by atoms with Crippen molar-refractivity contribution in [3.63, 3.8) is 0 Å². The fraction of sp³-hybridized carbons (Fsp3) is 0.484. The van der Waals surface area contributed by atoms with E-state index in [-0.39, 0.29) is 42.0 Å². The highest BCUT2D eigenvalue weighted by Gasteiger charge is 2.34. The number of aromatic nitrogens is 4. The van der Waals surface area contributed by atoms with Crippen LogP contribution in [0.2, 0.25) is 0 Å². The summed E-state index contributed by atoms with van der Waals surface area (Å²) in [6.45, 7) is 13.8. The van der Waals surface area contributed by atoms with Crippen molar-refractivity contribution < 1.29 is 13.9 Å². The third-order valence-corrected chi connectivity index (χ3v) is 8.81. The number of fused-ring (bicyclic) bond motifs is 2. The number of pyridine rings is 2. The van der Waals surface area contributed by atoms with E-state index in [1.807, 2.05) is 11.0 Å². The van der Waals surface area contributed by atoms with Crippen LogP contribution in [-0.4, -0.2) is 94.1 Å². The van der Waals surface area contributed by atoms with Gasteiger partial charge in [0.1, 0.15) is 24.0 Å². The summed E-state index contributed by atoms with van der Waals surface area (Å²) in [6.07, 6.45) is 9.40. The average Bonchev–Trinajstić information content (AvgIpc) is 3.44. The van der Waals surface area contributed by atoms with Gasteiger partial charge in [-0.05, 0) is 63.4 Å². The van der Waals surface area contributed by atoms with E-state index in [2.05, 4.69) is 44.4 Å². The highest BCUT2D eigenvalue weighted by atomic mass is 19.1. The fourth-order valence-electron chi connectivity index (χ4n) is 6.54. The number of carbonyl (C=O) groups excluding carboxylic acids is 1. The Morgan fingerprint density at radius 2 is 2.07 bits per heavy atom. The van der Waals surface area contributed by atoms with Crippen LogP contribution in [0.15, 0.2) is 37.2 Å². The largest absolute Gasteiger partial charge is 0.462 e. The van der Waals surface area contributed by atoms with Crippen molar-refractivity contribution in [2.24, 2.45) is 0 Å². The van der Waals surface area contributed by atoms with Crippen LogP contribution in [0, 0.1) is 12.4 Å². The summed E-state index contributed by atoms with van der Waals surface area (Å²) in [4.78, 5) is 40.6. The summed E-state index contributed by atoms with van der Waals surface area (Å²) < 4.78 is 22.7. The molecule has 218 valence electrons. The summed E-state index contributed by atoms with van der Waals surface area (Å²) in [6, 6.07) is 3.97. The first-order valence-electron chi connectivity index (χ1n) is 14.6. The van der Waals surface area contributed by atoms with Gasteiger partial charge in [-0.2, -0.15) is 9.97 Å². The molecule has 0 saturated carbocycles. The minimum Gasteiger partial charge on any atom is -0.462 e. The van der Waals surface area contributed by atoms with Crippen molar-refractivity contribution in [1.82, 2.24) is 29.7 Å². The normalized spacial score (nSPS) is 22.5. The number of likely N-dealkylation sites (N-methyl/N-ethyl adjacent to an activating group) is 1. The number of aryl methyl sites for hydroxylation is 1. The Kier molecular flexibility index (Phi) is 7.98. The Labute approximate surface area is 245 Å². The molecule has 3 atom stereocenters. The molecule has 0 aromatic carbocycles. The molecule has 2 saturated heterocycles. The second kappa shape index (κ2) is 12.0. The quantitative estimate of drug-likeness (QED) is 0.314. The Morgan fingerprint density at radius 1 is 1.19 bits per heavy atom. The topological polar surface area (TPSA) is 91.9 Å². The zero-order valence-electron chi connectivity index (χ0n) is 23.9. The third kappa shape index (κ3) is 5.27. The first-order valence-corrected chi connectivity index (χ1v) is 14.6. The number of anilines is 1. The van der Waals surface area contributed by atoms with Crippen molar-refractivity contribution in [1.29, 1.82) is 0 Å². The highest BCUT2D eigenvalue weighted by molar-refractivity contribution is 5.91.